The van der Waals surface area contributed by atoms with Gasteiger partial charge in [0, 0.05) is 55.3 Å². The second kappa shape index (κ2) is 22.1. The van der Waals surface area contributed by atoms with E-state index in [9.17, 15) is 44.6 Å². The molecule has 0 aromatic carbocycles. The van der Waals surface area contributed by atoms with Gasteiger partial charge in [-0.1, -0.05) is 50.6 Å². The van der Waals surface area contributed by atoms with E-state index in [-0.39, 0.29) is 36.7 Å². The Bertz CT molecular complexity index is 2450. The summed E-state index contributed by atoms with van der Waals surface area (Å²) in [6.07, 6.45) is -0.569. The van der Waals surface area contributed by atoms with Crippen LogP contribution in [-0.4, -0.2) is 148 Å². The molecule has 21 heteroatoms. The molecule has 420 valence electrons. The number of allylic oxidation sites excluding steroid dienone is 3. The predicted octanol–water partition coefficient (Wildman–Crippen LogP) is 5.57. The number of esters is 2. The maximum absolute atomic E-state index is 15.4. The Hall–Kier alpha value is -4.87. The van der Waals surface area contributed by atoms with E-state index in [1.165, 1.54) is 19.9 Å². The Morgan fingerprint density at radius 2 is 1.58 bits per heavy atom. The van der Waals surface area contributed by atoms with E-state index in [0.29, 0.717) is 31.1 Å². The van der Waals surface area contributed by atoms with Crippen LogP contribution in [0.5, 0.6) is 0 Å². The van der Waals surface area contributed by atoms with Crippen LogP contribution in [-0.2, 0) is 61.8 Å². The molecule has 5 fully saturated rings. The lowest BCUT2D eigenvalue weighted by molar-refractivity contribution is -0.584. The van der Waals surface area contributed by atoms with Crippen molar-refractivity contribution in [3.63, 3.8) is 0 Å². The Kier molecular flexibility index (Phi) is 16.7. The molecular formula is C55H76N2O19. The third kappa shape index (κ3) is 10.5. The minimum atomic E-state index is -2.17. The smallest absolute Gasteiger partial charge is 0.407 e. The molecule has 0 unspecified atom stereocenters. The van der Waals surface area contributed by atoms with Crippen LogP contribution in [0.1, 0.15) is 114 Å². The maximum Gasteiger partial charge on any atom is 0.407 e. The summed E-state index contributed by atoms with van der Waals surface area (Å²) in [5, 5.41) is 50.6. The zero-order valence-electron chi connectivity index (χ0n) is 45.2. The number of aldehydes is 1. The molecule has 4 heterocycles. The molecular weight excluding hydrogens is 993 g/mol. The minimum absolute atomic E-state index is 0.00965. The fourth-order valence-electron chi connectivity index (χ4n) is 14.0. The van der Waals surface area contributed by atoms with Crippen LogP contribution in [0.4, 0.5) is 4.79 Å². The number of ketones is 1. The van der Waals surface area contributed by atoms with E-state index in [2.05, 4.69) is 25.2 Å². The van der Waals surface area contributed by atoms with Crippen molar-refractivity contribution in [2.45, 2.75) is 205 Å². The highest BCUT2D eigenvalue weighted by Gasteiger charge is 2.65. The van der Waals surface area contributed by atoms with Gasteiger partial charge in [-0.15, -0.1) is 0 Å². The molecule has 4 N–H and O–H groups in total. The van der Waals surface area contributed by atoms with Gasteiger partial charge in [0.1, 0.15) is 29.8 Å². The van der Waals surface area contributed by atoms with Gasteiger partial charge in [0.2, 0.25) is 11.3 Å². The first-order valence-electron chi connectivity index (χ1n) is 26.6. The van der Waals surface area contributed by atoms with E-state index in [1.54, 1.807) is 33.8 Å². The fourth-order valence-corrected chi connectivity index (χ4v) is 14.0. The zero-order chi connectivity index (χ0) is 55.5. The van der Waals surface area contributed by atoms with Crippen LogP contribution in [0.2, 0.25) is 0 Å². The van der Waals surface area contributed by atoms with Gasteiger partial charge in [0.25, 0.3) is 0 Å². The van der Waals surface area contributed by atoms with Gasteiger partial charge in [-0.2, -0.15) is 0 Å². The molecule has 8 aliphatic rings. The first kappa shape index (κ1) is 57.3. The summed E-state index contributed by atoms with van der Waals surface area (Å²) >= 11 is 0. The van der Waals surface area contributed by atoms with Gasteiger partial charge in [-0.05, 0) is 88.9 Å². The van der Waals surface area contributed by atoms with Crippen LogP contribution in [0.15, 0.2) is 58.4 Å². The number of nitro groups is 1. The molecule has 1 amide bonds. The quantitative estimate of drug-likeness (QED) is 0.0396. The number of aliphatic hydroxyl groups excluding tert-OH is 3. The number of nitrogens with one attached hydrogen (secondary N) is 1. The zero-order valence-corrected chi connectivity index (χ0v) is 45.2. The lowest BCUT2D eigenvalue weighted by Crippen LogP contribution is -2.65. The number of ether oxygens (including phenoxy) is 9. The molecule has 4 saturated heterocycles. The first-order chi connectivity index (χ1) is 35.8. The Morgan fingerprint density at radius 3 is 2.24 bits per heavy atom. The van der Waals surface area contributed by atoms with Crippen molar-refractivity contribution in [2.24, 2.45) is 40.9 Å². The summed E-state index contributed by atoms with van der Waals surface area (Å²) in [6, 6.07) is -1.11. The SMILES string of the molecule is COC(=O)N[C@@H]1[C@@H](C)O[C@@H](O[C@@H]2C/C=C(/C)[C@@H]3C=C[C@@H]4[C@@H](O[C@H]5C[C@H](O[C@@H]6CC[C@H](O)[C@@H](C)O6)[C@H](OC(C)=O)[C@@H](C)O5)[C@H](C)C[C@H](C)[C@@H]4[C@@]3(C)C(O)=C3C(=O)O[C@]4(CC(C=O)=C[C@H](O)[C@@H]4C=C2C)C3=O)C[C@]1(C)[N+](=O)[O-]. The molecule has 4 aliphatic heterocycles. The van der Waals surface area contributed by atoms with Crippen LogP contribution in [0.25, 0.3) is 0 Å². The van der Waals surface area contributed by atoms with Crippen molar-refractivity contribution in [1.82, 2.24) is 5.32 Å². The first-order valence-corrected chi connectivity index (χ1v) is 26.6. The van der Waals surface area contributed by atoms with Crippen LogP contribution in [0, 0.1) is 51.0 Å². The molecule has 1 saturated carbocycles. The number of rotatable bonds is 10. The normalized spacial score (nSPS) is 45.3. The average molecular weight is 1070 g/mol. The average Bonchev–Trinajstić information content (AvgIpc) is 3.75. The number of methoxy groups -OCH3 is 1. The summed E-state index contributed by atoms with van der Waals surface area (Å²) in [7, 11) is 1.15. The molecule has 22 atom stereocenters. The summed E-state index contributed by atoms with van der Waals surface area (Å²) < 4.78 is 55.6. The van der Waals surface area contributed by atoms with E-state index < -0.39 is 167 Å². The topological polar surface area (TPSA) is 284 Å². The molecule has 8 rings (SSSR count). The number of aliphatic hydroxyl groups is 3. The molecule has 1 spiro atoms. The number of alkyl carbamates (subject to hydrolysis) is 1. The molecule has 21 nitrogen and oxygen atoms in total. The Morgan fingerprint density at radius 1 is 0.882 bits per heavy atom. The Balaban J connectivity index is 1.19. The summed E-state index contributed by atoms with van der Waals surface area (Å²) in [5.74, 6) is -6.19. The number of carbonyl (C=O) groups excluding carboxylic acids is 5. The highest BCUT2D eigenvalue weighted by molar-refractivity contribution is 6.26. The Labute approximate surface area is 442 Å². The van der Waals surface area contributed by atoms with Crippen LogP contribution in [0.3, 0.4) is 0 Å². The lowest BCUT2D eigenvalue weighted by Gasteiger charge is -2.56. The van der Waals surface area contributed by atoms with E-state index in [1.807, 2.05) is 26.0 Å². The molecule has 76 heavy (non-hydrogen) atoms. The van der Waals surface area contributed by atoms with Crippen LogP contribution < -0.4 is 5.32 Å². The summed E-state index contributed by atoms with van der Waals surface area (Å²) in [4.78, 5) is 79.5. The van der Waals surface area contributed by atoms with E-state index >= 15 is 4.79 Å². The molecule has 2 bridgehead atoms. The number of hydrogen-bond acceptors (Lipinski definition) is 19. The molecule has 0 radical (unpaired) electrons. The number of nitrogens with zero attached hydrogens (tertiary/aromatic N) is 1. The van der Waals surface area contributed by atoms with Gasteiger partial charge in [0.05, 0.1) is 62.2 Å². The van der Waals surface area contributed by atoms with Gasteiger partial charge >= 0.3 is 18.0 Å². The second-order valence-corrected chi connectivity index (χ2v) is 23.0. The second-order valence-electron chi connectivity index (χ2n) is 23.0. The van der Waals surface area contributed by atoms with Crippen molar-refractivity contribution in [3.8, 4) is 0 Å². The third-order valence-corrected chi connectivity index (χ3v) is 17.9. The van der Waals surface area contributed by atoms with Crippen molar-refractivity contribution in [1.29, 1.82) is 0 Å². The summed E-state index contributed by atoms with van der Waals surface area (Å²) in [5.41, 5.74) is -4.78. The monoisotopic (exact) mass is 1070 g/mol. The molecule has 4 aliphatic carbocycles. The van der Waals surface area contributed by atoms with Gasteiger partial charge in [0.15, 0.2) is 30.6 Å². The van der Waals surface area contributed by atoms with Crippen molar-refractivity contribution < 1.29 is 86.8 Å². The highest BCUT2D eigenvalue weighted by Crippen LogP contribution is 2.61. The van der Waals surface area contributed by atoms with Crippen molar-refractivity contribution in [3.05, 3.63) is 68.5 Å². The minimum Gasteiger partial charge on any atom is -0.511 e. The number of fused-ring (bicyclic) bond motifs is 4. The van der Waals surface area contributed by atoms with Crippen molar-refractivity contribution in [2.75, 3.05) is 7.11 Å². The van der Waals surface area contributed by atoms with E-state index in [4.69, 9.17) is 42.6 Å². The highest BCUT2D eigenvalue weighted by atomic mass is 16.7. The van der Waals surface area contributed by atoms with Crippen molar-refractivity contribution >= 4 is 30.1 Å². The fraction of sp³-hybridized carbons (Fsp3) is 0.727. The third-order valence-electron chi connectivity index (χ3n) is 17.9. The number of amides is 1. The molecule has 0 aromatic rings. The maximum atomic E-state index is 15.4. The standard InChI is InChI=1S/C55H76N2O19/c1-25-12-16-39(73-43-23-53(9,57(66)67)48(31(7)71-43)56-52(65)68-11)26(2)19-36-38(61)20-33(24-58)22-55(36)50(63)44(51(64)76-55)49(62)54(10)35(25)14-13-34-45(54)27(3)18-28(4)46(34)75-42-21-40(47(30(6)70-42)72-32(8)59)74-41-17-15-37(60)29(5)69-41/h12-14,19-20,24,27-31,34-43,45-48,60-62H,15-18,21-23H2,1-11H3,(H,56,65)/b25-12-,26-19?,49-44?/t27-,28+,29+,30+,31+,34-,35-,36-,37-,38-,39+,40-,41+,42-,43-,45-,46-,47+,48+,53-,54-,55-/m0/s1. The van der Waals surface area contributed by atoms with E-state index in [0.717, 1.165) is 12.7 Å². The largest absolute Gasteiger partial charge is 0.511 e. The predicted molar refractivity (Wildman–Crippen MR) is 267 cm³/mol. The molecule has 0 aromatic heterocycles. The van der Waals surface area contributed by atoms with Gasteiger partial charge in [-0.25, -0.2) is 9.59 Å². The number of carbonyl (C=O) groups is 5. The lowest BCUT2D eigenvalue weighted by atomic mass is 9.49. The number of Topliss-reactive ketones (excluding diaryl/α,β-unsaturated/α-hetero) is 1. The van der Waals surface area contributed by atoms with Gasteiger partial charge in [-0.3, -0.25) is 24.5 Å². The number of hydrogen-bond donors (Lipinski definition) is 4. The summed E-state index contributed by atoms with van der Waals surface area (Å²) in [6.45, 7) is 17.4. The van der Waals surface area contributed by atoms with Crippen LogP contribution >= 0.6 is 0 Å². The van der Waals surface area contributed by atoms with Gasteiger partial charge < -0.3 is 63.3 Å².